The zero-order chi connectivity index (χ0) is 64.4. The number of aromatic nitrogens is 5. The Balaban J connectivity index is 0.646. The van der Waals surface area contributed by atoms with Crippen molar-refractivity contribution >= 4 is 52.3 Å². The third-order valence-electron chi connectivity index (χ3n) is 14.9. The number of H-pyrrole nitrogens is 1. The van der Waals surface area contributed by atoms with E-state index in [2.05, 4.69) is 101 Å². The van der Waals surface area contributed by atoms with E-state index < -0.39 is 60.5 Å². The Hall–Kier alpha value is -5.36. The Bertz CT molecular complexity index is 3440. The summed E-state index contributed by atoms with van der Waals surface area (Å²) in [4.78, 5) is 87.0. The first-order valence-electron chi connectivity index (χ1n) is 29.5. The molecular formula is C59H81N7O21P3+. The number of nitrogens with one attached hydrogen (secondary N) is 1. The number of phosphoric ester groups is 3. The molecule has 90 heavy (non-hydrogen) atoms. The molecule has 0 amide bonds. The predicted molar refractivity (Wildman–Crippen MR) is 328 cm³/mol. The Morgan fingerprint density at radius 2 is 1.39 bits per heavy atom. The molecule has 492 valence electrons. The molecule has 5 aromatic rings. The molecule has 2 aromatic heterocycles. The minimum atomic E-state index is -4.92. The van der Waals surface area contributed by atoms with E-state index in [0.717, 1.165) is 22.5 Å². The molecule has 28 nitrogen and oxygen atoms in total. The Morgan fingerprint density at radius 1 is 0.767 bits per heavy atom. The van der Waals surface area contributed by atoms with Crippen molar-refractivity contribution in [2.24, 2.45) is 0 Å². The fourth-order valence-corrected chi connectivity index (χ4v) is 12.9. The highest BCUT2D eigenvalue weighted by Crippen LogP contribution is 2.51. The van der Waals surface area contributed by atoms with Crippen molar-refractivity contribution in [3.63, 3.8) is 0 Å². The topological polar surface area (TPSA) is 347 Å². The van der Waals surface area contributed by atoms with Crippen LogP contribution in [0.1, 0.15) is 69.9 Å². The number of aryl methyl sites for hydroxylation is 1. The second-order valence-electron chi connectivity index (χ2n) is 22.0. The number of fused-ring (bicyclic) bond motifs is 3. The molecule has 3 unspecified atom stereocenters. The standard InChI is InChI=1S/C59H80N7O21P3/c1-44-42-65(57(69)60-56(44)68)55-41-51(52(85-55)43-84-90(74,75)87-66-50-22-14-11-19-47(50)61-62-66)86-89(72,73)83-40-38-80-36-34-78-32-30-76-29-31-77-33-35-79-37-39-82-88(70,71)81-28-16-26-64-49-21-13-10-18-46(49)59(4,5)54(64)24-8-6-7-23-53-58(2,3)45-17-9-12-20-48(45)63(53)25-15-27-67/h6-14,17-24,42,51-52,55,67H,15-16,25-41,43H2,1-5H3,(H3-,60,68,69,70,71,72,73,74,75)/p+1/t51-,52+,55+/m0/s1. The number of rotatable bonds is 39. The number of benzene rings is 3. The summed E-state index contributed by atoms with van der Waals surface area (Å²) >= 11 is 0. The normalized spacial score (nSPS) is 20.4. The fraction of sp³-hybridized carbons (Fsp3) is 0.508. The predicted octanol–water partition coefficient (Wildman–Crippen LogP) is 4.34. The number of para-hydroxylation sites is 3. The van der Waals surface area contributed by atoms with E-state index in [4.69, 9.17) is 55.7 Å². The number of allylic oxidation sites excluding steroid dienone is 6. The number of hydrogen-bond donors (Lipinski definition) is 5. The molecule has 31 heteroatoms. The zero-order valence-corrected chi connectivity index (χ0v) is 53.7. The van der Waals surface area contributed by atoms with Crippen LogP contribution in [0.25, 0.3) is 11.0 Å². The molecule has 3 aliphatic heterocycles. The van der Waals surface area contributed by atoms with Crippen LogP contribution in [-0.4, -0.2) is 179 Å². The van der Waals surface area contributed by atoms with E-state index >= 15 is 0 Å². The molecule has 0 radical (unpaired) electrons. The highest BCUT2D eigenvalue weighted by atomic mass is 31.2. The summed E-state index contributed by atoms with van der Waals surface area (Å²) in [5.41, 5.74) is 5.80. The molecule has 0 aliphatic carbocycles. The van der Waals surface area contributed by atoms with Crippen LogP contribution in [0.15, 0.2) is 125 Å². The zero-order valence-electron chi connectivity index (χ0n) is 51.0. The molecule has 3 aromatic carbocycles. The van der Waals surface area contributed by atoms with Gasteiger partial charge in [0, 0.05) is 72.3 Å². The van der Waals surface area contributed by atoms with Crippen molar-refractivity contribution in [3.8, 4) is 0 Å². The van der Waals surface area contributed by atoms with Crippen LogP contribution >= 0.6 is 24.2 Å². The van der Waals surface area contributed by atoms with Crippen LogP contribution in [0.4, 0.5) is 11.4 Å². The summed E-state index contributed by atoms with van der Waals surface area (Å²) < 4.78 is 80.9. The monoisotopic (exact) mass is 1320 g/mol. The van der Waals surface area contributed by atoms with Gasteiger partial charge in [-0.05, 0) is 67.1 Å². The van der Waals surface area contributed by atoms with Gasteiger partial charge >= 0.3 is 29.9 Å². The van der Waals surface area contributed by atoms with Crippen molar-refractivity contribution in [2.45, 2.75) is 83.1 Å². The SMILES string of the molecule is Cc1cn([C@H]2C[C@H](OP(=O)(O)OCCOCCOCCOCCOCCOCCO[P+]([O-])(O)OCCC[N+]3=C(C=CC=CC=C4N(CCCO)c5ccccc5C4(C)C)C(C)(C)c4ccccc43)[C@@H](CO[P+]([O-])(O)On3nnc4ccccc43)O2)c(=O)[nH]c1=O. The summed E-state index contributed by atoms with van der Waals surface area (Å²) in [6.45, 7) is 12.2. The highest BCUT2D eigenvalue weighted by molar-refractivity contribution is 7.53. The van der Waals surface area contributed by atoms with Gasteiger partial charge in [0.2, 0.25) is 5.69 Å². The summed E-state index contributed by atoms with van der Waals surface area (Å²) in [7, 11) is -14.1. The molecule has 1 saturated heterocycles. The minimum absolute atomic E-state index is 0.00586. The quantitative estimate of drug-likeness (QED) is 0.0158. The van der Waals surface area contributed by atoms with Gasteiger partial charge in [0.1, 0.15) is 49.3 Å². The van der Waals surface area contributed by atoms with Gasteiger partial charge in [-0.1, -0.05) is 80.6 Å². The molecule has 5 heterocycles. The van der Waals surface area contributed by atoms with E-state index in [9.17, 15) is 43.7 Å². The Morgan fingerprint density at radius 3 is 2.09 bits per heavy atom. The lowest BCUT2D eigenvalue weighted by Gasteiger charge is -2.26. The van der Waals surface area contributed by atoms with E-state index in [1.807, 2.05) is 30.4 Å². The summed E-state index contributed by atoms with van der Waals surface area (Å²) in [5.74, 6) is 0. The summed E-state index contributed by atoms with van der Waals surface area (Å²) in [6, 6.07) is 23.1. The smallest absolute Gasteiger partial charge is 0.472 e. The number of aromatic amines is 1. The maximum absolute atomic E-state index is 13.1. The van der Waals surface area contributed by atoms with Crippen molar-refractivity contribution in [3.05, 3.63) is 153 Å². The lowest BCUT2D eigenvalue weighted by atomic mass is 9.81. The molecule has 0 saturated carbocycles. The average Bonchev–Trinajstić information content (AvgIpc) is 1.62. The van der Waals surface area contributed by atoms with Crippen molar-refractivity contribution in [1.82, 2.24) is 24.7 Å². The number of ether oxygens (including phenoxy) is 6. The Labute approximate surface area is 522 Å². The maximum Gasteiger partial charge on any atom is 0.472 e. The molecular weight excluding hydrogens is 1240 g/mol. The van der Waals surface area contributed by atoms with Gasteiger partial charge in [0.15, 0.2) is 12.3 Å². The number of nitrogens with zero attached hydrogens (tertiary/aromatic N) is 6. The second-order valence-corrected chi connectivity index (χ2v) is 26.2. The fourth-order valence-electron chi connectivity index (χ4n) is 10.5. The van der Waals surface area contributed by atoms with E-state index in [-0.39, 0.29) is 121 Å². The third kappa shape index (κ3) is 19.4. The van der Waals surface area contributed by atoms with Gasteiger partial charge in [0.05, 0.1) is 78.1 Å². The van der Waals surface area contributed by atoms with Gasteiger partial charge in [-0.25, -0.2) is 9.36 Å². The highest BCUT2D eigenvalue weighted by Gasteiger charge is 2.46. The van der Waals surface area contributed by atoms with Gasteiger partial charge in [-0.3, -0.25) is 23.4 Å². The van der Waals surface area contributed by atoms with Crippen molar-refractivity contribution in [1.29, 1.82) is 0 Å². The Kier molecular flexibility index (Phi) is 25.8. The van der Waals surface area contributed by atoms with Crippen molar-refractivity contribution < 1.29 is 94.4 Å². The second kappa shape index (κ2) is 33.0. The number of hydrogen-bond acceptors (Lipinski definition) is 23. The molecule has 6 atom stereocenters. The minimum Gasteiger partial charge on any atom is -0.606 e. The number of phosphoric acid groups is 3. The molecule has 0 spiro atoms. The maximum atomic E-state index is 13.1. The van der Waals surface area contributed by atoms with Crippen LogP contribution in [0.3, 0.4) is 0 Å². The van der Waals surface area contributed by atoms with Crippen molar-refractivity contribution in [2.75, 3.05) is 117 Å². The third-order valence-corrected chi connectivity index (χ3v) is 17.8. The summed E-state index contributed by atoms with van der Waals surface area (Å²) in [6.07, 6.45) is 8.69. The summed E-state index contributed by atoms with van der Waals surface area (Å²) in [5, 5.41) is 17.2. The van der Waals surface area contributed by atoms with Crippen LogP contribution < -0.4 is 30.6 Å². The van der Waals surface area contributed by atoms with E-state index in [0.29, 0.717) is 29.7 Å². The molecule has 3 aliphatic rings. The van der Waals surface area contributed by atoms with Crippen LogP contribution in [0.5, 0.6) is 0 Å². The van der Waals surface area contributed by atoms with Crippen LogP contribution in [-0.2, 0) is 66.4 Å². The number of aliphatic hydroxyl groups excluding tert-OH is 1. The first-order chi connectivity index (χ1) is 43.1. The lowest BCUT2D eigenvalue weighted by Crippen LogP contribution is -2.34. The van der Waals surface area contributed by atoms with Gasteiger partial charge < -0.3 is 53.1 Å². The largest absolute Gasteiger partial charge is 0.606 e. The van der Waals surface area contributed by atoms with Crippen LogP contribution in [0.2, 0.25) is 0 Å². The molecule has 1 fully saturated rings. The van der Waals surface area contributed by atoms with E-state index in [1.54, 1.807) is 24.3 Å². The van der Waals surface area contributed by atoms with E-state index in [1.165, 1.54) is 35.6 Å². The number of aliphatic hydroxyl groups is 1. The van der Waals surface area contributed by atoms with Gasteiger partial charge in [-0.2, -0.15) is 32.6 Å². The van der Waals surface area contributed by atoms with Gasteiger partial charge in [-0.15, -0.1) is 5.10 Å². The number of anilines is 1. The molecule has 8 rings (SSSR count). The molecule has 5 N–H and O–H groups in total. The molecule has 0 bridgehead atoms. The first kappa shape index (κ1) is 70.5. The van der Waals surface area contributed by atoms with Gasteiger partial charge in [0.25, 0.3) is 5.56 Å². The van der Waals surface area contributed by atoms with Crippen LogP contribution in [0, 0.1) is 6.92 Å². The lowest BCUT2D eigenvalue weighted by molar-refractivity contribution is -0.438. The average molecular weight is 1320 g/mol. The first-order valence-corrected chi connectivity index (χ1v) is 34.0.